The number of carbonyl (C=O) groups excluding carboxylic acids is 2. The van der Waals surface area contributed by atoms with Crippen LogP contribution in [0.25, 0.3) is 0 Å². The zero-order chi connectivity index (χ0) is 17.5. The molecule has 1 aromatic carbocycles. The van der Waals surface area contributed by atoms with Crippen molar-refractivity contribution >= 4 is 27.3 Å². The summed E-state index contributed by atoms with van der Waals surface area (Å²) in [6, 6.07) is 7.08. The molecule has 130 valence electrons. The molecule has 1 heterocycles. The molecule has 1 N–H and O–H groups in total. The molecule has 0 radical (unpaired) electrons. The molecule has 1 atom stereocenters. The number of hydrogen-bond acceptors (Lipinski definition) is 4. The summed E-state index contributed by atoms with van der Waals surface area (Å²) in [5.41, 5.74) is 0.717. The smallest absolute Gasteiger partial charge is 0.240 e. The van der Waals surface area contributed by atoms with E-state index in [9.17, 15) is 18.0 Å². The molecule has 1 aliphatic carbocycles. The Morgan fingerprint density at radius 2 is 1.83 bits per heavy atom. The lowest BCUT2D eigenvalue weighted by atomic mass is 10.0. The van der Waals surface area contributed by atoms with Gasteiger partial charge in [0.2, 0.25) is 11.8 Å². The highest BCUT2D eigenvalue weighted by Crippen LogP contribution is 2.48. The standard InChI is InChI=1S/C17H22N2O4S/c1-12-3-5-13(6-4-12)18-15(20)17(8-9-17)16(21)19(2)14-7-10-24(22,23)11-14/h3-6,14H,7-11H2,1-2H3,(H,18,20). The van der Waals surface area contributed by atoms with E-state index in [0.717, 1.165) is 5.56 Å². The van der Waals surface area contributed by atoms with E-state index < -0.39 is 15.3 Å². The minimum atomic E-state index is -3.07. The summed E-state index contributed by atoms with van der Waals surface area (Å²) in [7, 11) is -1.46. The highest BCUT2D eigenvalue weighted by molar-refractivity contribution is 7.91. The van der Waals surface area contributed by atoms with Crippen molar-refractivity contribution < 1.29 is 18.0 Å². The van der Waals surface area contributed by atoms with Crippen molar-refractivity contribution in [1.29, 1.82) is 0 Å². The van der Waals surface area contributed by atoms with Gasteiger partial charge in [0, 0.05) is 18.8 Å². The van der Waals surface area contributed by atoms with Crippen molar-refractivity contribution in [2.45, 2.75) is 32.2 Å². The first kappa shape index (κ1) is 17.0. The molecule has 2 amide bonds. The van der Waals surface area contributed by atoms with E-state index in [-0.39, 0.29) is 29.4 Å². The maximum atomic E-state index is 12.8. The van der Waals surface area contributed by atoms with Crippen molar-refractivity contribution in [1.82, 2.24) is 4.90 Å². The maximum Gasteiger partial charge on any atom is 0.240 e. The van der Waals surface area contributed by atoms with Crippen LogP contribution in [-0.2, 0) is 19.4 Å². The Hall–Kier alpha value is -1.89. The lowest BCUT2D eigenvalue weighted by Gasteiger charge is -2.27. The summed E-state index contributed by atoms with van der Waals surface area (Å²) in [5.74, 6) is -0.471. The molecule has 6 nitrogen and oxygen atoms in total. The third kappa shape index (κ3) is 3.17. The van der Waals surface area contributed by atoms with Crippen LogP contribution in [0.1, 0.15) is 24.8 Å². The van der Waals surface area contributed by atoms with Crippen LogP contribution in [0.2, 0.25) is 0 Å². The highest BCUT2D eigenvalue weighted by atomic mass is 32.2. The van der Waals surface area contributed by atoms with Crippen LogP contribution in [0.3, 0.4) is 0 Å². The highest BCUT2D eigenvalue weighted by Gasteiger charge is 2.58. The SMILES string of the molecule is Cc1ccc(NC(=O)C2(C(=O)N(C)C3CCS(=O)(=O)C3)CC2)cc1. The van der Waals surface area contributed by atoms with Crippen molar-refractivity contribution in [2.24, 2.45) is 5.41 Å². The molecule has 1 saturated carbocycles. The number of benzene rings is 1. The predicted octanol–water partition coefficient (Wildman–Crippen LogP) is 1.36. The van der Waals surface area contributed by atoms with Crippen LogP contribution in [-0.4, -0.2) is 49.7 Å². The summed E-state index contributed by atoms with van der Waals surface area (Å²) in [6.07, 6.45) is 1.46. The number of anilines is 1. The van der Waals surface area contributed by atoms with Gasteiger partial charge in [0.1, 0.15) is 5.41 Å². The van der Waals surface area contributed by atoms with E-state index in [1.54, 1.807) is 19.2 Å². The first-order valence-corrected chi connectivity index (χ1v) is 9.91. The molecule has 2 aliphatic rings. The van der Waals surface area contributed by atoms with Gasteiger partial charge in [-0.2, -0.15) is 0 Å². The lowest BCUT2D eigenvalue weighted by Crippen LogP contribution is -2.46. The minimum absolute atomic E-state index is 0.00903. The minimum Gasteiger partial charge on any atom is -0.341 e. The Balaban J connectivity index is 1.69. The van der Waals surface area contributed by atoms with Crippen molar-refractivity contribution in [3.05, 3.63) is 29.8 Å². The quantitative estimate of drug-likeness (QED) is 0.831. The van der Waals surface area contributed by atoms with Crippen LogP contribution in [0.15, 0.2) is 24.3 Å². The molecule has 24 heavy (non-hydrogen) atoms. The van der Waals surface area contributed by atoms with Crippen LogP contribution >= 0.6 is 0 Å². The van der Waals surface area contributed by atoms with Gasteiger partial charge < -0.3 is 10.2 Å². The third-order valence-corrected chi connectivity index (χ3v) is 6.73. The topological polar surface area (TPSA) is 83.6 Å². The maximum absolute atomic E-state index is 12.8. The van der Waals surface area contributed by atoms with Crippen LogP contribution in [0.5, 0.6) is 0 Å². The fourth-order valence-corrected chi connectivity index (χ4v) is 4.91. The van der Waals surface area contributed by atoms with E-state index in [1.165, 1.54) is 4.90 Å². The normalized spacial score (nSPS) is 23.5. The summed E-state index contributed by atoms with van der Waals surface area (Å²) >= 11 is 0. The second kappa shape index (κ2) is 5.88. The second-order valence-electron chi connectivity index (χ2n) is 6.88. The van der Waals surface area contributed by atoms with Crippen molar-refractivity contribution in [3.63, 3.8) is 0 Å². The zero-order valence-corrected chi connectivity index (χ0v) is 14.7. The Bertz CT molecular complexity index is 766. The molecule has 1 saturated heterocycles. The lowest BCUT2D eigenvalue weighted by molar-refractivity contribution is -0.142. The molecule has 1 aliphatic heterocycles. The van der Waals surface area contributed by atoms with E-state index in [1.807, 2.05) is 19.1 Å². The van der Waals surface area contributed by atoms with E-state index in [0.29, 0.717) is 24.9 Å². The Morgan fingerprint density at radius 1 is 1.21 bits per heavy atom. The van der Waals surface area contributed by atoms with Gasteiger partial charge in [0.15, 0.2) is 9.84 Å². The monoisotopic (exact) mass is 350 g/mol. The van der Waals surface area contributed by atoms with Gasteiger partial charge >= 0.3 is 0 Å². The second-order valence-corrected chi connectivity index (χ2v) is 9.10. The van der Waals surface area contributed by atoms with Gasteiger partial charge in [-0.15, -0.1) is 0 Å². The van der Waals surface area contributed by atoms with E-state index in [2.05, 4.69) is 5.32 Å². The van der Waals surface area contributed by atoms with Crippen LogP contribution < -0.4 is 5.32 Å². The number of hydrogen-bond donors (Lipinski definition) is 1. The molecule has 3 rings (SSSR count). The van der Waals surface area contributed by atoms with Crippen molar-refractivity contribution in [2.75, 3.05) is 23.9 Å². The number of nitrogens with one attached hydrogen (secondary N) is 1. The Kier molecular flexibility index (Phi) is 4.15. The molecule has 0 spiro atoms. The molecule has 0 bridgehead atoms. The van der Waals surface area contributed by atoms with Gasteiger partial charge in [0.05, 0.1) is 11.5 Å². The molecule has 2 fully saturated rings. The Labute approximate surface area is 142 Å². The fraction of sp³-hybridized carbons (Fsp3) is 0.529. The summed E-state index contributed by atoms with van der Waals surface area (Å²) < 4.78 is 23.2. The zero-order valence-electron chi connectivity index (χ0n) is 13.9. The van der Waals surface area contributed by atoms with Gasteiger partial charge in [-0.3, -0.25) is 9.59 Å². The van der Waals surface area contributed by atoms with Gasteiger partial charge in [-0.05, 0) is 38.3 Å². The van der Waals surface area contributed by atoms with Crippen LogP contribution in [0.4, 0.5) is 5.69 Å². The number of sulfone groups is 1. The fourth-order valence-electron chi connectivity index (χ4n) is 3.13. The largest absolute Gasteiger partial charge is 0.341 e. The summed E-state index contributed by atoms with van der Waals surface area (Å²) in [5, 5.41) is 2.81. The van der Waals surface area contributed by atoms with Gasteiger partial charge in [-0.25, -0.2) is 8.42 Å². The molecular formula is C17H22N2O4S. The molecule has 0 aromatic heterocycles. The number of amides is 2. The first-order chi connectivity index (χ1) is 11.2. The van der Waals surface area contributed by atoms with Crippen molar-refractivity contribution in [3.8, 4) is 0 Å². The molecular weight excluding hydrogens is 328 g/mol. The van der Waals surface area contributed by atoms with Gasteiger partial charge in [-0.1, -0.05) is 17.7 Å². The van der Waals surface area contributed by atoms with Crippen LogP contribution in [0, 0.1) is 12.3 Å². The summed E-state index contributed by atoms with van der Waals surface area (Å²) in [4.78, 5) is 26.8. The number of aryl methyl sites for hydroxylation is 1. The van der Waals surface area contributed by atoms with E-state index >= 15 is 0 Å². The van der Waals surface area contributed by atoms with E-state index in [4.69, 9.17) is 0 Å². The first-order valence-electron chi connectivity index (χ1n) is 8.09. The third-order valence-electron chi connectivity index (χ3n) is 4.98. The molecule has 7 heteroatoms. The Morgan fingerprint density at radius 3 is 2.33 bits per heavy atom. The number of nitrogens with zero attached hydrogens (tertiary/aromatic N) is 1. The molecule has 1 aromatic rings. The number of rotatable bonds is 4. The predicted molar refractivity (Wildman–Crippen MR) is 91.3 cm³/mol. The number of carbonyl (C=O) groups is 2. The molecule has 1 unspecified atom stereocenters. The summed E-state index contributed by atoms with van der Waals surface area (Å²) in [6.45, 7) is 1.96. The average Bonchev–Trinajstić information content (AvgIpc) is 3.27. The van der Waals surface area contributed by atoms with Gasteiger partial charge in [0.25, 0.3) is 0 Å². The average molecular weight is 350 g/mol.